The topological polar surface area (TPSA) is 50.4 Å². The molecule has 1 atom stereocenters. The SMILES string of the molecule is CCC(C)Oc1cccc(NC(=O)NCCc2cccs2)c1. The van der Waals surface area contributed by atoms with Crippen molar-refractivity contribution in [2.24, 2.45) is 0 Å². The molecule has 0 saturated heterocycles. The molecule has 1 unspecified atom stereocenters. The van der Waals surface area contributed by atoms with Crippen LogP contribution in [0.3, 0.4) is 0 Å². The number of urea groups is 1. The van der Waals surface area contributed by atoms with Crippen LogP contribution in [0, 0.1) is 0 Å². The molecular formula is C17H22N2O2S. The van der Waals surface area contributed by atoms with E-state index >= 15 is 0 Å². The van der Waals surface area contributed by atoms with Crippen LogP contribution in [0.4, 0.5) is 10.5 Å². The lowest BCUT2D eigenvalue weighted by Crippen LogP contribution is -2.30. The molecule has 0 bridgehead atoms. The molecular weight excluding hydrogens is 296 g/mol. The van der Waals surface area contributed by atoms with Crippen LogP contribution in [-0.2, 0) is 6.42 Å². The minimum atomic E-state index is -0.197. The Morgan fingerprint density at radius 3 is 2.91 bits per heavy atom. The third-order valence-electron chi connectivity index (χ3n) is 3.24. The van der Waals surface area contributed by atoms with Gasteiger partial charge in [0.25, 0.3) is 0 Å². The van der Waals surface area contributed by atoms with Crippen LogP contribution >= 0.6 is 11.3 Å². The van der Waals surface area contributed by atoms with Crippen molar-refractivity contribution in [1.82, 2.24) is 5.32 Å². The first-order chi connectivity index (χ1) is 10.7. The highest BCUT2D eigenvalue weighted by Gasteiger charge is 2.05. The van der Waals surface area contributed by atoms with Gasteiger partial charge in [-0.1, -0.05) is 19.1 Å². The van der Waals surface area contributed by atoms with Crippen molar-refractivity contribution < 1.29 is 9.53 Å². The summed E-state index contributed by atoms with van der Waals surface area (Å²) in [7, 11) is 0. The van der Waals surface area contributed by atoms with Gasteiger partial charge in [0.05, 0.1) is 6.10 Å². The van der Waals surface area contributed by atoms with E-state index < -0.39 is 0 Å². The van der Waals surface area contributed by atoms with Crippen molar-refractivity contribution in [3.05, 3.63) is 46.7 Å². The van der Waals surface area contributed by atoms with E-state index in [0.29, 0.717) is 6.54 Å². The summed E-state index contributed by atoms with van der Waals surface area (Å²) >= 11 is 1.70. The Hall–Kier alpha value is -2.01. The Balaban J connectivity index is 1.79. The van der Waals surface area contributed by atoms with Crippen molar-refractivity contribution in [3.63, 3.8) is 0 Å². The first kappa shape index (κ1) is 16.4. The van der Waals surface area contributed by atoms with Gasteiger partial charge >= 0.3 is 6.03 Å². The summed E-state index contributed by atoms with van der Waals surface area (Å²) in [5, 5.41) is 7.72. The number of anilines is 1. The summed E-state index contributed by atoms with van der Waals surface area (Å²) < 4.78 is 5.75. The number of carbonyl (C=O) groups is 1. The molecule has 0 fully saturated rings. The number of hydrogen-bond acceptors (Lipinski definition) is 3. The molecule has 22 heavy (non-hydrogen) atoms. The van der Waals surface area contributed by atoms with Crippen LogP contribution in [0.15, 0.2) is 41.8 Å². The molecule has 2 rings (SSSR count). The van der Waals surface area contributed by atoms with Gasteiger partial charge in [-0.05, 0) is 43.3 Å². The Kier molecular flexibility index (Phi) is 6.27. The third-order valence-corrected chi connectivity index (χ3v) is 4.18. The summed E-state index contributed by atoms with van der Waals surface area (Å²) in [6.45, 7) is 4.72. The molecule has 0 spiro atoms. The van der Waals surface area contributed by atoms with Gasteiger partial charge in [-0.25, -0.2) is 4.79 Å². The number of amides is 2. The Morgan fingerprint density at radius 1 is 1.32 bits per heavy atom. The summed E-state index contributed by atoms with van der Waals surface area (Å²) in [4.78, 5) is 13.1. The molecule has 0 radical (unpaired) electrons. The zero-order chi connectivity index (χ0) is 15.8. The van der Waals surface area contributed by atoms with Gasteiger partial charge in [-0.2, -0.15) is 0 Å². The maximum absolute atomic E-state index is 11.9. The van der Waals surface area contributed by atoms with Crippen LogP contribution in [0.5, 0.6) is 5.75 Å². The van der Waals surface area contributed by atoms with E-state index in [0.717, 1.165) is 24.3 Å². The molecule has 4 nitrogen and oxygen atoms in total. The average molecular weight is 318 g/mol. The fourth-order valence-electron chi connectivity index (χ4n) is 1.89. The highest BCUT2D eigenvalue weighted by atomic mass is 32.1. The molecule has 2 amide bonds. The van der Waals surface area contributed by atoms with Gasteiger partial charge in [-0.15, -0.1) is 11.3 Å². The Bertz CT molecular complexity index is 584. The molecule has 2 N–H and O–H groups in total. The number of ether oxygens (including phenoxy) is 1. The highest BCUT2D eigenvalue weighted by Crippen LogP contribution is 2.19. The standard InChI is InChI=1S/C17H22N2O2S/c1-3-13(2)21-15-7-4-6-14(12-15)19-17(20)18-10-9-16-8-5-11-22-16/h4-8,11-13H,3,9-10H2,1-2H3,(H2,18,19,20). The summed E-state index contributed by atoms with van der Waals surface area (Å²) in [5.74, 6) is 0.769. The molecule has 2 aromatic rings. The van der Waals surface area contributed by atoms with Gasteiger partial charge < -0.3 is 15.4 Å². The van der Waals surface area contributed by atoms with Gasteiger partial charge in [0.2, 0.25) is 0 Å². The molecule has 0 aliphatic rings. The van der Waals surface area contributed by atoms with E-state index in [1.807, 2.05) is 42.6 Å². The van der Waals surface area contributed by atoms with Crippen molar-refractivity contribution >= 4 is 23.1 Å². The lowest BCUT2D eigenvalue weighted by atomic mass is 10.3. The zero-order valence-electron chi connectivity index (χ0n) is 13.0. The van der Waals surface area contributed by atoms with Gasteiger partial charge in [0.1, 0.15) is 5.75 Å². The van der Waals surface area contributed by atoms with Gasteiger partial charge in [0.15, 0.2) is 0 Å². The Labute approximate surface area is 135 Å². The van der Waals surface area contributed by atoms with Crippen LogP contribution < -0.4 is 15.4 Å². The molecule has 0 aliphatic heterocycles. The number of carbonyl (C=O) groups excluding carboxylic acids is 1. The van der Waals surface area contributed by atoms with Crippen LogP contribution in [0.25, 0.3) is 0 Å². The number of rotatable bonds is 7. The number of nitrogens with one attached hydrogen (secondary N) is 2. The second-order valence-electron chi connectivity index (χ2n) is 5.07. The van der Waals surface area contributed by atoms with Crippen LogP contribution in [-0.4, -0.2) is 18.7 Å². The van der Waals surface area contributed by atoms with Crippen molar-refractivity contribution in [3.8, 4) is 5.75 Å². The van der Waals surface area contributed by atoms with Crippen LogP contribution in [0.1, 0.15) is 25.1 Å². The molecule has 118 valence electrons. The minimum absolute atomic E-state index is 0.162. The van der Waals surface area contributed by atoms with E-state index in [1.165, 1.54) is 4.88 Å². The molecule has 0 aliphatic carbocycles. The van der Waals surface area contributed by atoms with Crippen molar-refractivity contribution in [1.29, 1.82) is 0 Å². The van der Waals surface area contributed by atoms with E-state index in [4.69, 9.17) is 4.74 Å². The lowest BCUT2D eigenvalue weighted by Gasteiger charge is -2.14. The zero-order valence-corrected chi connectivity index (χ0v) is 13.8. The quantitative estimate of drug-likeness (QED) is 0.800. The lowest BCUT2D eigenvalue weighted by molar-refractivity contribution is 0.217. The van der Waals surface area contributed by atoms with E-state index in [2.05, 4.69) is 23.6 Å². The van der Waals surface area contributed by atoms with E-state index in [-0.39, 0.29) is 12.1 Å². The highest BCUT2D eigenvalue weighted by molar-refractivity contribution is 7.09. The smallest absolute Gasteiger partial charge is 0.319 e. The maximum Gasteiger partial charge on any atom is 0.319 e. The maximum atomic E-state index is 11.9. The van der Waals surface area contributed by atoms with E-state index in [1.54, 1.807) is 11.3 Å². The predicted molar refractivity (Wildman–Crippen MR) is 91.9 cm³/mol. The second-order valence-corrected chi connectivity index (χ2v) is 6.11. The normalized spacial score (nSPS) is 11.7. The molecule has 1 aromatic heterocycles. The first-order valence-corrected chi connectivity index (χ1v) is 8.39. The molecule has 1 heterocycles. The largest absolute Gasteiger partial charge is 0.491 e. The fraction of sp³-hybridized carbons (Fsp3) is 0.353. The van der Waals surface area contributed by atoms with Crippen molar-refractivity contribution in [2.45, 2.75) is 32.8 Å². The average Bonchev–Trinajstić information content (AvgIpc) is 3.00. The van der Waals surface area contributed by atoms with Crippen LogP contribution in [0.2, 0.25) is 0 Å². The monoisotopic (exact) mass is 318 g/mol. The number of benzene rings is 1. The van der Waals surface area contributed by atoms with Gasteiger partial charge in [-0.3, -0.25) is 0 Å². The fourth-order valence-corrected chi connectivity index (χ4v) is 2.60. The summed E-state index contributed by atoms with van der Waals surface area (Å²) in [6.07, 6.45) is 1.96. The number of hydrogen-bond donors (Lipinski definition) is 2. The number of thiophene rings is 1. The first-order valence-electron chi connectivity index (χ1n) is 7.51. The molecule has 5 heteroatoms. The van der Waals surface area contributed by atoms with Crippen molar-refractivity contribution in [2.75, 3.05) is 11.9 Å². The summed E-state index contributed by atoms with van der Waals surface area (Å²) in [6, 6.07) is 11.3. The second kappa shape index (κ2) is 8.44. The van der Waals surface area contributed by atoms with E-state index in [9.17, 15) is 4.79 Å². The minimum Gasteiger partial charge on any atom is -0.491 e. The molecule has 1 aromatic carbocycles. The van der Waals surface area contributed by atoms with Gasteiger partial charge in [0, 0.05) is 23.2 Å². The third kappa shape index (κ3) is 5.41. The molecule has 0 saturated carbocycles. The predicted octanol–water partition coefficient (Wildman–Crippen LogP) is 4.29. The summed E-state index contributed by atoms with van der Waals surface area (Å²) in [5.41, 5.74) is 0.731. The Morgan fingerprint density at radius 2 is 2.18 bits per heavy atom.